The molecule has 0 radical (unpaired) electrons. The molecule has 1 aliphatic rings. The maximum Gasteiger partial charge on any atom is 0.419 e. The number of halogens is 5. The minimum atomic E-state index is -4.66. The molecular weight excluding hydrogens is 556 g/mol. The number of likely N-dealkylation sites (N-methyl/N-ethyl adjacent to an activating group) is 1. The van der Waals surface area contributed by atoms with E-state index in [1.54, 1.807) is 18.2 Å². The van der Waals surface area contributed by atoms with Crippen molar-refractivity contribution in [2.24, 2.45) is 0 Å². The molecule has 4 rings (SSSR count). The Hall–Kier alpha value is -2.11. The summed E-state index contributed by atoms with van der Waals surface area (Å²) in [6, 6.07) is 14.5. The summed E-state index contributed by atoms with van der Waals surface area (Å²) in [5.74, 6) is -0.430. The van der Waals surface area contributed by atoms with E-state index in [1.165, 1.54) is 23.9 Å². The van der Waals surface area contributed by atoms with Crippen molar-refractivity contribution >= 4 is 50.7 Å². The van der Waals surface area contributed by atoms with Crippen LogP contribution in [0.3, 0.4) is 0 Å². The number of benzene rings is 3. The number of nitrogens with one attached hydrogen (secondary N) is 1. The predicted octanol–water partition coefficient (Wildman–Crippen LogP) is 7.05. The van der Waals surface area contributed by atoms with Crippen LogP contribution in [0, 0.1) is 0 Å². The third-order valence-electron chi connectivity index (χ3n) is 5.44. The molecule has 192 valence electrons. The van der Waals surface area contributed by atoms with Crippen molar-refractivity contribution in [3.63, 3.8) is 0 Å². The Morgan fingerprint density at radius 1 is 1.06 bits per heavy atom. The van der Waals surface area contributed by atoms with Gasteiger partial charge in [-0.25, -0.2) is 8.42 Å². The van der Waals surface area contributed by atoms with E-state index in [0.717, 1.165) is 23.1 Å². The summed E-state index contributed by atoms with van der Waals surface area (Å²) in [6.07, 6.45) is -4.52. The Balaban J connectivity index is 1.57. The first kappa shape index (κ1) is 26.9. The molecule has 1 fully saturated rings. The highest BCUT2D eigenvalue weighted by Crippen LogP contribution is 2.40. The maximum atomic E-state index is 13.5. The van der Waals surface area contributed by atoms with Gasteiger partial charge in [-0.15, -0.1) is 0 Å². The molecule has 0 unspecified atom stereocenters. The lowest BCUT2D eigenvalue weighted by Crippen LogP contribution is -2.23. The standard InChI is InChI=1S/C24H21Cl2F3N2O3S2/c1-31-11-10-16(14-31)34-21-12-15(6-8-18(21)24(27,28)29)30-36(32,33)23-9-7-17(13-20(23)26)35-22-5-3-2-4-19(22)25/h2-9,12-13,16,30H,10-11,14H2,1H3/t16-/m1/s1. The normalized spacial score (nSPS) is 16.8. The summed E-state index contributed by atoms with van der Waals surface area (Å²) in [7, 11) is -2.36. The number of nitrogens with zero attached hydrogens (tertiary/aromatic N) is 1. The van der Waals surface area contributed by atoms with Gasteiger partial charge in [0.1, 0.15) is 16.7 Å². The van der Waals surface area contributed by atoms with Gasteiger partial charge < -0.3 is 9.64 Å². The molecule has 0 aromatic heterocycles. The molecule has 12 heteroatoms. The highest BCUT2D eigenvalue weighted by atomic mass is 35.5. The number of rotatable bonds is 7. The number of sulfonamides is 1. The Morgan fingerprint density at radius 3 is 2.44 bits per heavy atom. The summed E-state index contributed by atoms with van der Waals surface area (Å²) < 4.78 is 74.7. The van der Waals surface area contributed by atoms with Crippen molar-refractivity contribution in [3.05, 3.63) is 76.3 Å². The molecule has 1 atom stereocenters. The zero-order valence-corrected chi connectivity index (χ0v) is 22.0. The maximum absolute atomic E-state index is 13.5. The van der Waals surface area contributed by atoms with Crippen molar-refractivity contribution in [3.8, 4) is 5.75 Å². The number of hydrogen-bond acceptors (Lipinski definition) is 5. The van der Waals surface area contributed by atoms with E-state index >= 15 is 0 Å². The molecule has 5 nitrogen and oxygen atoms in total. The van der Waals surface area contributed by atoms with Gasteiger partial charge in [0.2, 0.25) is 0 Å². The van der Waals surface area contributed by atoms with Gasteiger partial charge in [-0.3, -0.25) is 4.72 Å². The highest BCUT2D eigenvalue weighted by molar-refractivity contribution is 7.99. The summed E-state index contributed by atoms with van der Waals surface area (Å²) in [4.78, 5) is 3.17. The van der Waals surface area contributed by atoms with Crippen molar-refractivity contribution in [2.75, 3.05) is 24.9 Å². The number of likely N-dealkylation sites (tertiary alicyclic amines) is 1. The third-order valence-corrected chi connectivity index (χ3v) is 8.81. The number of hydrogen-bond donors (Lipinski definition) is 1. The van der Waals surface area contributed by atoms with Gasteiger partial charge in [-0.1, -0.05) is 47.1 Å². The molecule has 3 aromatic carbocycles. The van der Waals surface area contributed by atoms with Crippen LogP contribution in [0.15, 0.2) is 75.4 Å². The van der Waals surface area contributed by atoms with E-state index in [2.05, 4.69) is 4.72 Å². The Kier molecular flexibility index (Phi) is 8.01. The van der Waals surface area contributed by atoms with Gasteiger partial charge in [0.25, 0.3) is 10.0 Å². The van der Waals surface area contributed by atoms with Crippen LogP contribution in [0.5, 0.6) is 5.75 Å². The number of alkyl halides is 3. The lowest BCUT2D eigenvalue weighted by molar-refractivity contribution is -0.139. The van der Waals surface area contributed by atoms with E-state index < -0.39 is 33.6 Å². The van der Waals surface area contributed by atoms with Crippen LogP contribution in [-0.4, -0.2) is 39.6 Å². The second-order valence-corrected chi connectivity index (χ2v) is 11.8. The van der Waals surface area contributed by atoms with Crippen LogP contribution in [0.25, 0.3) is 0 Å². The lowest BCUT2D eigenvalue weighted by atomic mass is 10.1. The SMILES string of the molecule is CN1CC[C@@H](Oc2cc(NS(=O)(=O)c3ccc(Sc4ccccc4Cl)cc3Cl)ccc2C(F)(F)F)C1. The first-order chi connectivity index (χ1) is 16.9. The fraction of sp³-hybridized carbons (Fsp3) is 0.250. The van der Waals surface area contributed by atoms with E-state index in [9.17, 15) is 21.6 Å². The minimum absolute atomic E-state index is 0.0445. The molecular formula is C24H21Cl2F3N2O3S2. The van der Waals surface area contributed by atoms with Crippen molar-refractivity contribution in [1.29, 1.82) is 0 Å². The van der Waals surface area contributed by atoms with Crippen LogP contribution in [0.2, 0.25) is 10.0 Å². The zero-order valence-electron chi connectivity index (χ0n) is 18.9. The molecule has 0 aliphatic carbocycles. The van der Waals surface area contributed by atoms with E-state index in [4.69, 9.17) is 27.9 Å². The fourth-order valence-electron chi connectivity index (χ4n) is 3.72. The molecule has 0 saturated carbocycles. The van der Waals surface area contributed by atoms with Gasteiger partial charge >= 0.3 is 6.18 Å². The van der Waals surface area contributed by atoms with E-state index in [-0.39, 0.29) is 15.6 Å². The first-order valence-corrected chi connectivity index (χ1v) is 13.8. The smallest absolute Gasteiger partial charge is 0.419 e. The quantitative estimate of drug-likeness (QED) is 0.326. The minimum Gasteiger partial charge on any atom is -0.488 e. The summed E-state index contributed by atoms with van der Waals surface area (Å²) in [5, 5.41) is 0.499. The van der Waals surface area contributed by atoms with Crippen LogP contribution in [-0.2, 0) is 16.2 Å². The first-order valence-electron chi connectivity index (χ1n) is 10.7. The average molecular weight is 577 g/mol. The monoisotopic (exact) mass is 576 g/mol. The molecule has 0 bridgehead atoms. The fourth-order valence-corrected chi connectivity index (χ4v) is 6.51. The van der Waals surface area contributed by atoms with Gasteiger partial charge in [-0.05, 0) is 55.9 Å². The number of anilines is 1. The third kappa shape index (κ3) is 6.41. The Bertz CT molecular complexity index is 1370. The molecule has 0 amide bonds. The highest BCUT2D eigenvalue weighted by Gasteiger charge is 2.36. The van der Waals surface area contributed by atoms with Crippen LogP contribution in [0.1, 0.15) is 12.0 Å². The zero-order chi connectivity index (χ0) is 26.1. The van der Waals surface area contributed by atoms with Crippen LogP contribution >= 0.6 is 35.0 Å². The molecule has 1 saturated heterocycles. The molecule has 1 heterocycles. The van der Waals surface area contributed by atoms with Gasteiger partial charge in [0, 0.05) is 28.9 Å². The second kappa shape index (κ2) is 10.7. The number of ether oxygens (including phenoxy) is 1. The molecule has 36 heavy (non-hydrogen) atoms. The van der Waals surface area contributed by atoms with Gasteiger partial charge in [0.05, 0.1) is 21.3 Å². The summed E-state index contributed by atoms with van der Waals surface area (Å²) >= 11 is 13.8. The molecule has 1 aliphatic heterocycles. The van der Waals surface area contributed by atoms with E-state index in [1.807, 2.05) is 24.1 Å². The van der Waals surface area contributed by atoms with Crippen molar-refractivity contribution in [2.45, 2.75) is 33.4 Å². The summed E-state index contributed by atoms with van der Waals surface area (Å²) in [6.45, 7) is 1.17. The predicted molar refractivity (Wildman–Crippen MR) is 136 cm³/mol. The van der Waals surface area contributed by atoms with Crippen LogP contribution < -0.4 is 9.46 Å². The summed E-state index contributed by atoms with van der Waals surface area (Å²) in [5.41, 5.74) is -1.05. The molecule has 0 spiro atoms. The Morgan fingerprint density at radius 2 is 1.81 bits per heavy atom. The molecule has 1 N–H and O–H groups in total. The average Bonchev–Trinajstić information content (AvgIpc) is 3.18. The second-order valence-electron chi connectivity index (χ2n) is 8.23. The lowest BCUT2D eigenvalue weighted by Gasteiger charge is -2.19. The van der Waals surface area contributed by atoms with Crippen molar-refractivity contribution < 1.29 is 26.3 Å². The van der Waals surface area contributed by atoms with Gasteiger partial charge in [0.15, 0.2) is 0 Å². The van der Waals surface area contributed by atoms with Crippen molar-refractivity contribution in [1.82, 2.24) is 4.90 Å². The topological polar surface area (TPSA) is 58.6 Å². The molecule has 3 aromatic rings. The Labute approximate surface area is 221 Å². The van der Waals surface area contributed by atoms with E-state index in [0.29, 0.717) is 29.4 Å². The van der Waals surface area contributed by atoms with Gasteiger partial charge in [-0.2, -0.15) is 13.2 Å². The van der Waals surface area contributed by atoms with Crippen LogP contribution in [0.4, 0.5) is 18.9 Å². The largest absolute Gasteiger partial charge is 0.488 e.